The number of rotatable bonds is 11. The van der Waals surface area contributed by atoms with Crippen molar-refractivity contribution in [2.24, 2.45) is 0 Å². The van der Waals surface area contributed by atoms with Gasteiger partial charge in [-0.05, 0) is 49.7 Å². The lowest BCUT2D eigenvalue weighted by molar-refractivity contribution is -0.385. The number of nitrogens with zero attached hydrogens (tertiary/aromatic N) is 4. The minimum Gasteiger partial charge on any atom is -0.497 e. The van der Waals surface area contributed by atoms with Crippen LogP contribution in [0, 0.1) is 24.0 Å². The predicted octanol–water partition coefficient (Wildman–Crippen LogP) is 4.47. The Balaban J connectivity index is 1.60. The van der Waals surface area contributed by atoms with Crippen LogP contribution in [0.4, 0.5) is 11.4 Å². The van der Waals surface area contributed by atoms with E-state index in [1.807, 2.05) is 31.2 Å². The maximum Gasteiger partial charge on any atom is 0.273 e. The number of aromatic nitrogens is 3. The van der Waals surface area contributed by atoms with Crippen molar-refractivity contribution in [1.82, 2.24) is 20.1 Å². The summed E-state index contributed by atoms with van der Waals surface area (Å²) in [5.41, 5.74) is 2.68. The van der Waals surface area contributed by atoms with E-state index in [2.05, 4.69) is 20.8 Å². The number of benzene rings is 3. The first-order chi connectivity index (χ1) is 19.7. The number of methoxy groups -OCH3 is 2. The Labute approximate surface area is 240 Å². The first kappa shape index (κ1) is 29.1. The van der Waals surface area contributed by atoms with Gasteiger partial charge in [-0.25, -0.2) is 0 Å². The topological polar surface area (TPSA) is 151 Å². The van der Waals surface area contributed by atoms with E-state index in [0.717, 1.165) is 17.3 Å². The second-order valence-electron chi connectivity index (χ2n) is 8.92. The van der Waals surface area contributed by atoms with Crippen molar-refractivity contribution in [2.75, 3.05) is 25.3 Å². The summed E-state index contributed by atoms with van der Waals surface area (Å²) < 4.78 is 12.6. The second-order valence-corrected chi connectivity index (χ2v) is 9.86. The van der Waals surface area contributed by atoms with Gasteiger partial charge < -0.3 is 20.1 Å². The zero-order valence-corrected chi connectivity index (χ0v) is 23.7. The summed E-state index contributed by atoms with van der Waals surface area (Å²) in [7, 11) is 3.05. The monoisotopic (exact) mass is 576 g/mol. The molecule has 0 fully saturated rings. The van der Waals surface area contributed by atoms with Gasteiger partial charge in [0, 0.05) is 28.9 Å². The Hall–Kier alpha value is -4.91. The number of aryl methyl sites for hydroxylation is 2. The number of carbonyl (C=O) groups is 2. The van der Waals surface area contributed by atoms with E-state index in [0.29, 0.717) is 39.4 Å². The van der Waals surface area contributed by atoms with E-state index >= 15 is 0 Å². The van der Waals surface area contributed by atoms with Gasteiger partial charge in [-0.2, -0.15) is 0 Å². The van der Waals surface area contributed by atoms with Crippen LogP contribution in [0.25, 0.3) is 5.69 Å². The summed E-state index contributed by atoms with van der Waals surface area (Å²) in [5.74, 6) is 0.657. The van der Waals surface area contributed by atoms with Gasteiger partial charge in [0.2, 0.25) is 5.91 Å². The fourth-order valence-electron chi connectivity index (χ4n) is 3.98. The van der Waals surface area contributed by atoms with Crippen molar-refractivity contribution in [2.45, 2.75) is 25.5 Å². The highest BCUT2D eigenvalue weighted by atomic mass is 32.2. The summed E-state index contributed by atoms with van der Waals surface area (Å²) >= 11 is 1.16. The highest BCUT2D eigenvalue weighted by molar-refractivity contribution is 7.99. The summed E-state index contributed by atoms with van der Waals surface area (Å²) in [6, 6.07) is 16.9. The summed E-state index contributed by atoms with van der Waals surface area (Å²) in [5, 5.41) is 25.9. The average molecular weight is 577 g/mol. The van der Waals surface area contributed by atoms with Gasteiger partial charge >= 0.3 is 0 Å². The highest BCUT2D eigenvalue weighted by Gasteiger charge is 2.21. The Morgan fingerprint density at radius 2 is 1.83 bits per heavy atom. The van der Waals surface area contributed by atoms with Gasteiger partial charge in [-0.15, -0.1) is 10.2 Å². The third-order valence-corrected chi connectivity index (χ3v) is 6.97. The number of ether oxygens (including phenoxy) is 2. The van der Waals surface area contributed by atoms with Crippen molar-refractivity contribution >= 4 is 35.0 Å². The summed E-state index contributed by atoms with van der Waals surface area (Å²) in [4.78, 5) is 36.4. The van der Waals surface area contributed by atoms with Crippen molar-refractivity contribution < 1.29 is 24.0 Å². The molecule has 1 aromatic heterocycles. The molecule has 0 aliphatic rings. The van der Waals surface area contributed by atoms with Crippen LogP contribution in [0.1, 0.15) is 27.3 Å². The van der Waals surface area contributed by atoms with E-state index in [9.17, 15) is 19.7 Å². The van der Waals surface area contributed by atoms with Crippen LogP contribution in [-0.2, 0) is 11.3 Å². The minimum atomic E-state index is -0.531. The van der Waals surface area contributed by atoms with E-state index in [4.69, 9.17) is 9.47 Å². The summed E-state index contributed by atoms with van der Waals surface area (Å²) in [6.45, 7) is 3.48. The average Bonchev–Trinajstić information content (AvgIpc) is 3.37. The largest absolute Gasteiger partial charge is 0.497 e. The normalized spacial score (nSPS) is 10.6. The molecule has 0 saturated carbocycles. The summed E-state index contributed by atoms with van der Waals surface area (Å²) in [6.07, 6.45) is 0. The maximum absolute atomic E-state index is 12.9. The van der Waals surface area contributed by atoms with Gasteiger partial charge in [0.25, 0.3) is 11.6 Å². The van der Waals surface area contributed by atoms with Gasteiger partial charge in [-0.1, -0.05) is 30.0 Å². The van der Waals surface area contributed by atoms with Crippen LogP contribution in [0.2, 0.25) is 0 Å². The zero-order chi connectivity index (χ0) is 29.5. The lowest BCUT2D eigenvalue weighted by atomic mass is 10.1. The number of hydrogen-bond acceptors (Lipinski definition) is 9. The zero-order valence-electron chi connectivity index (χ0n) is 22.8. The van der Waals surface area contributed by atoms with Gasteiger partial charge in [-0.3, -0.25) is 24.3 Å². The van der Waals surface area contributed by atoms with Gasteiger partial charge in [0.15, 0.2) is 11.0 Å². The lowest BCUT2D eigenvalue weighted by Gasteiger charge is -2.15. The van der Waals surface area contributed by atoms with E-state index < -0.39 is 10.8 Å². The Morgan fingerprint density at radius 3 is 2.54 bits per heavy atom. The van der Waals surface area contributed by atoms with Gasteiger partial charge in [0.05, 0.1) is 37.1 Å². The van der Waals surface area contributed by atoms with Crippen LogP contribution >= 0.6 is 11.8 Å². The standard InChI is InChI=1S/C28H28N6O6S/c1-17-6-5-7-20(12-17)30-26(35)16-41-28-32-31-25(33(28)23-14-21(39-3)10-11-24(23)40-4)15-29-27(36)19-9-8-18(2)22(13-19)34(37)38/h5-14H,15-16H2,1-4H3,(H,29,36)(H,30,35). The number of carbonyl (C=O) groups excluding carboxylic acids is 2. The molecular weight excluding hydrogens is 548 g/mol. The molecule has 2 N–H and O–H groups in total. The molecule has 13 heteroatoms. The molecule has 0 saturated heterocycles. The molecule has 1 heterocycles. The predicted molar refractivity (Wildman–Crippen MR) is 154 cm³/mol. The van der Waals surface area contributed by atoms with E-state index in [1.54, 1.807) is 29.7 Å². The van der Waals surface area contributed by atoms with Crippen molar-refractivity contribution in [3.8, 4) is 17.2 Å². The lowest BCUT2D eigenvalue weighted by Crippen LogP contribution is -2.25. The Kier molecular flexibility index (Phi) is 9.19. The van der Waals surface area contributed by atoms with Crippen molar-refractivity contribution in [3.05, 3.63) is 93.3 Å². The minimum absolute atomic E-state index is 0.0394. The van der Waals surface area contributed by atoms with Crippen LogP contribution in [0.15, 0.2) is 65.8 Å². The Morgan fingerprint density at radius 1 is 1.02 bits per heavy atom. The quantitative estimate of drug-likeness (QED) is 0.150. The molecule has 0 unspecified atom stereocenters. The van der Waals surface area contributed by atoms with Gasteiger partial charge in [0.1, 0.15) is 11.5 Å². The molecule has 0 spiro atoms. The number of amides is 2. The molecule has 41 heavy (non-hydrogen) atoms. The highest BCUT2D eigenvalue weighted by Crippen LogP contribution is 2.32. The molecule has 0 bridgehead atoms. The second kappa shape index (κ2) is 13.0. The number of nitrogens with one attached hydrogen (secondary N) is 2. The Bertz CT molecular complexity index is 1600. The molecular formula is C28H28N6O6S. The van der Waals surface area contributed by atoms with Crippen LogP contribution in [-0.4, -0.2) is 51.5 Å². The van der Waals surface area contributed by atoms with Crippen molar-refractivity contribution in [1.29, 1.82) is 0 Å². The fraction of sp³-hybridized carbons (Fsp3) is 0.214. The fourth-order valence-corrected chi connectivity index (χ4v) is 4.74. The van der Waals surface area contributed by atoms with Crippen LogP contribution < -0.4 is 20.1 Å². The molecule has 12 nitrogen and oxygen atoms in total. The van der Waals surface area contributed by atoms with Crippen LogP contribution in [0.3, 0.4) is 0 Å². The number of hydrogen-bond donors (Lipinski definition) is 2. The first-order valence-corrected chi connectivity index (χ1v) is 13.4. The maximum atomic E-state index is 12.9. The third kappa shape index (κ3) is 7.00. The molecule has 0 atom stereocenters. The molecule has 3 aromatic carbocycles. The molecule has 4 aromatic rings. The number of thioether (sulfide) groups is 1. The molecule has 2 amide bonds. The van der Waals surface area contributed by atoms with Crippen LogP contribution in [0.5, 0.6) is 11.5 Å². The molecule has 212 valence electrons. The van der Waals surface area contributed by atoms with E-state index in [1.165, 1.54) is 32.4 Å². The first-order valence-electron chi connectivity index (χ1n) is 12.4. The molecule has 0 aliphatic heterocycles. The molecule has 4 rings (SSSR count). The number of anilines is 1. The van der Waals surface area contributed by atoms with Crippen molar-refractivity contribution in [3.63, 3.8) is 0 Å². The van der Waals surface area contributed by atoms with E-state index in [-0.39, 0.29) is 29.5 Å². The molecule has 0 radical (unpaired) electrons. The number of nitro groups is 1. The number of nitro benzene ring substituents is 1. The third-order valence-electron chi connectivity index (χ3n) is 6.04. The SMILES string of the molecule is COc1ccc(OC)c(-n2c(CNC(=O)c3ccc(C)c([N+](=O)[O-])c3)nnc2SCC(=O)Nc2cccc(C)c2)c1. The molecule has 0 aliphatic carbocycles. The smallest absolute Gasteiger partial charge is 0.273 e.